The van der Waals surface area contributed by atoms with Crippen molar-refractivity contribution in [1.29, 1.82) is 0 Å². The van der Waals surface area contributed by atoms with E-state index >= 15 is 0 Å². The highest BCUT2D eigenvalue weighted by molar-refractivity contribution is 6.31. The zero-order chi connectivity index (χ0) is 16.0. The van der Waals surface area contributed by atoms with Crippen LogP contribution in [0.15, 0.2) is 67.0 Å². The van der Waals surface area contributed by atoms with E-state index in [1.807, 2.05) is 35.2 Å². The predicted octanol–water partition coefficient (Wildman–Crippen LogP) is 2.32. The summed E-state index contributed by atoms with van der Waals surface area (Å²) >= 11 is 0. The van der Waals surface area contributed by atoms with Crippen molar-refractivity contribution in [1.82, 2.24) is 0 Å². The molecule has 0 bridgehead atoms. The molecule has 0 saturated heterocycles. The Morgan fingerprint density at radius 3 is 1.96 bits per heavy atom. The smallest absolute Gasteiger partial charge is 0.222 e. The number of fused-ring (bicyclic) bond motifs is 2. The van der Waals surface area contributed by atoms with Gasteiger partial charge in [-0.15, -0.1) is 0 Å². The van der Waals surface area contributed by atoms with Crippen LogP contribution in [0.3, 0.4) is 0 Å². The van der Waals surface area contributed by atoms with Crippen molar-refractivity contribution in [2.24, 2.45) is 0 Å². The topological polar surface area (TPSA) is 64.0 Å². The number of carbonyl (C=O) groups excluding carboxylic acids is 2. The first kappa shape index (κ1) is 13.4. The number of carbonyl (C=O) groups is 2. The first-order valence-corrected chi connectivity index (χ1v) is 7.26. The first-order valence-electron chi connectivity index (χ1n) is 7.26. The molecule has 2 N–H and O–H groups in total. The Bertz CT molecular complexity index is 962. The highest BCUT2D eigenvalue weighted by Gasteiger charge is 2.35. The van der Waals surface area contributed by atoms with Crippen molar-refractivity contribution in [3.05, 3.63) is 89.2 Å². The van der Waals surface area contributed by atoms with Gasteiger partial charge in [-0.3, -0.25) is 9.59 Å². The van der Waals surface area contributed by atoms with Crippen LogP contribution in [0.1, 0.15) is 31.8 Å². The van der Waals surface area contributed by atoms with Gasteiger partial charge in [0.25, 0.3) is 0 Å². The van der Waals surface area contributed by atoms with Crippen molar-refractivity contribution in [2.75, 3.05) is 5.73 Å². The number of rotatable bonds is 1. The molecule has 0 amide bonds. The van der Waals surface area contributed by atoms with E-state index in [0.717, 1.165) is 0 Å². The minimum atomic E-state index is -0.203. The number of hydrogen-bond acceptors (Lipinski definition) is 3. The van der Waals surface area contributed by atoms with Gasteiger partial charge >= 0.3 is 0 Å². The van der Waals surface area contributed by atoms with Gasteiger partial charge in [-0.05, 0) is 6.07 Å². The average molecular weight is 301 g/mol. The first-order chi connectivity index (χ1) is 11.2. The summed E-state index contributed by atoms with van der Waals surface area (Å²) in [6.07, 6.45) is 3.67. The summed E-state index contributed by atoms with van der Waals surface area (Å²) in [6, 6.07) is 15.9. The number of anilines is 1. The maximum atomic E-state index is 13.0. The molecule has 4 rings (SSSR count). The van der Waals surface area contributed by atoms with Crippen molar-refractivity contribution in [3.63, 3.8) is 0 Å². The third kappa shape index (κ3) is 1.89. The van der Waals surface area contributed by atoms with Gasteiger partial charge in [0.15, 0.2) is 18.2 Å². The van der Waals surface area contributed by atoms with Crippen LogP contribution < -0.4 is 10.3 Å². The Kier molecular flexibility index (Phi) is 2.84. The number of benzene rings is 2. The second-order valence-corrected chi connectivity index (χ2v) is 5.41. The van der Waals surface area contributed by atoms with Crippen molar-refractivity contribution < 1.29 is 14.2 Å². The molecule has 0 spiro atoms. The zero-order valence-corrected chi connectivity index (χ0v) is 12.2. The van der Waals surface area contributed by atoms with Crippen LogP contribution in [0.2, 0.25) is 0 Å². The molecule has 1 aromatic heterocycles. The lowest BCUT2D eigenvalue weighted by Gasteiger charge is -2.19. The number of ketones is 2. The van der Waals surface area contributed by atoms with Gasteiger partial charge in [-0.2, -0.15) is 4.57 Å². The van der Waals surface area contributed by atoms with E-state index in [4.69, 9.17) is 5.73 Å². The molecule has 0 fully saturated rings. The maximum absolute atomic E-state index is 13.0. The monoisotopic (exact) mass is 301 g/mol. The van der Waals surface area contributed by atoms with E-state index < -0.39 is 0 Å². The number of nitrogens with zero attached hydrogens (tertiary/aromatic N) is 1. The van der Waals surface area contributed by atoms with Crippen molar-refractivity contribution in [3.8, 4) is 5.69 Å². The van der Waals surface area contributed by atoms with Gasteiger partial charge in [0, 0.05) is 35.0 Å². The van der Waals surface area contributed by atoms with Gasteiger partial charge in [-0.1, -0.05) is 30.3 Å². The molecule has 4 heteroatoms. The molecule has 0 atom stereocenters. The lowest BCUT2D eigenvalue weighted by Crippen LogP contribution is -2.35. The SMILES string of the molecule is Nc1ccc(-[n+]2ccccc2)c2c1C(=O)c1ccccc1C2=O. The van der Waals surface area contributed by atoms with E-state index in [2.05, 4.69) is 0 Å². The van der Waals surface area contributed by atoms with E-state index in [1.54, 1.807) is 36.4 Å². The average Bonchev–Trinajstić information content (AvgIpc) is 2.60. The lowest BCUT2D eigenvalue weighted by molar-refractivity contribution is -0.595. The molecule has 110 valence electrons. The Balaban J connectivity index is 2.06. The van der Waals surface area contributed by atoms with Gasteiger partial charge in [-0.25, -0.2) is 0 Å². The predicted molar refractivity (Wildman–Crippen MR) is 85.7 cm³/mol. The second-order valence-electron chi connectivity index (χ2n) is 5.41. The molecular formula is C19H13N2O2+. The molecule has 1 aliphatic rings. The summed E-state index contributed by atoms with van der Waals surface area (Å²) < 4.78 is 1.82. The van der Waals surface area contributed by atoms with Crippen LogP contribution in [0.4, 0.5) is 5.69 Å². The summed E-state index contributed by atoms with van der Waals surface area (Å²) in [5.41, 5.74) is 8.49. The van der Waals surface area contributed by atoms with Gasteiger partial charge in [0.2, 0.25) is 11.5 Å². The fraction of sp³-hybridized carbons (Fsp3) is 0. The summed E-state index contributed by atoms with van der Waals surface area (Å²) in [5.74, 6) is -0.375. The molecule has 0 radical (unpaired) electrons. The Labute approximate surface area is 132 Å². The zero-order valence-electron chi connectivity index (χ0n) is 12.2. The third-order valence-electron chi connectivity index (χ3n) is 4.08. The van der Waals surface area contributed by atoms with Crippen LogP contribution in [0, 0.1) is 0 Å². The fourth-order valence-corrected chi connectivity index (χ4v) is 3.01. The molecule has 3 aromatic rings. The van der Waals surface area contributed by atoms with Crippen LogP contribution in [-0.4, -0.2) is 11.6 Å². The normalized spacial score (nSPS) is 12.7. The van der Waals surface area contributed by atoms with Crippen molar-refractivity contribution >= 4 is 17.3 Å². The third-order valence-corrected chi connectivity index (χ3v) is 4.08. The van der Waals surface area contributed by atoms with Gasteiger partial charge in [0.05, 0.1) is 5.56 Å². The maximum Gasteiger partial charge on any atom is 0.222 e. The second kappa shape index (κ2) is 4.88. The molecule has 4 nitrogen and oxygen atoms in total. The largest absolute Gasteiger partial charge is 0.398 e. The minimum absolute atomic E-state index is 0.172. The molecule has 2 aromatic carbocycles. The van der Waals surface area contributed by atoms with E-state index in [-0.39, 0.29) is 11.6 Å². The van der Waals surface area contributed by atoms with Crippen LogP contribution >= 0.6 is 0 Å². The Hall–Kier alpha value is -3.27. The number of aromatic nitrogens is 1. The highest BCUT2D eigenvalue weighted by Crippen LogP contribution is 2.32. The summed E-state index contributed by atoms with van der Waals surface area (Å²) in [5, 5.41) is 0. The Morgan fingerprint density at radius 2 is 1.30 bits per heavy atom. The minimum Gasteiger partial charge on any atom is -0.398 e. The van der Waals surface area contributed by atoms with Crippen LogP contribution in [0.25, 0.3) is 5.69 Å². The lowest BCUT2D eigenvalue weighted by atomic mass is 9.82. The standard InChI is InChI=1S/C19H12N2O2/c20-14-8-9-15(21-10-4-1-5-11-21)17-16(14)18(22)12-6-2-3-7-13(12)19(17)23/h1-11H,(H-,20,22)/p+1. The fourth-order valence-electron chi connectivity index (χ4n) is 3.01. The molecule has 1 heterocycles. The number of nitrogens with two attached hydrogens (primary N) is 1. The van der Waals surface area contributed by atoms with E-state index in [0.29, 0.717) is 33.6 Å². The van der Waals surface area contributed by atoms with Crippen LogP contribution in [0.5, 0.6) is 0 Å². The summed E-state index contributed by atoms with van der Waals surface area (Å²) in [7, 11) is 0. The molecular weight excluding hydrogens is 288 g/mol. The summed E-state index contributed by atoms with van der Waals surface area (Å²) in [6.45, 7) is 0. The highest BCUT2D eigenvalue weighted by atomic mass is 16.1. The quantitative estimate of drug-likeness (QED) is 0.433. The number of nitrogen functional groups attached to an aromatic ring is 1. The van der Waals surface area contributed by atoms with Gasteiger partial charge in [0.1, 0.15) is 5.56 Å². The van der Waals surface area contributed by atoms with E-state index in [1.165, 1.54) is 0 Å². The van der Waals surface area contributed by atoms with E-state index in [9.17, 15) is 9.59 Å². The molecule has 0 aliphatic heterocycles. The molecule has 0 saturated carbocycles. The number of hydrogen-bond donors (Lipinski definition) is 1. The molecule has 1 aliphatic carbocycles. The van der Waals surface area contributed by atoms with Gasteiger partial charge < -0.3 is 5.73 Å². The summed E-state index contributed by atoms with van der Waals surface area (Å²) in [4.78, 5) is 25.8. The number of pyridine rings is 1. The molecule has 23 heavy (non-hydrogen) atoms. The van der Waals surface area contributed by atoms with Crippen molar-refractivity contribution in [2.45, 2.75) is 0 Å². The van der Waals surface area contributed by atoms with Crippen LogP contribution in [-0.2, 0) is 0 Å². The Morgan fingerprint density at radius 1 is 0.696 bits per heavy atom. The molecule has 0 unspecified atom stereocenters.